The number of nitrogens with two attached hydrogens (primary N) is 1. The average molecular weight is 313 g/mol. The van der Waals surface area contributed by atoms with Gasteiger partial charge in [0.25, 0.3) is 0 Å². The van der Waals surface area contributed by atoms with Gasteiger partial charge in [-0.05, 0) is 11.5 Å². The fourth-order valence-corrected chi connectivity index (χ4v) is 4.10. The standard InChI is InChI=1S/C8H15N3O4S3/c1-11(4-5-17(2,12)13)8-6(18(3,14)15)7(9)10-16-8/h4-5H2,1-3H3,(H2,9,10). The zero-order chi connectivity index (χ0) is 14.1. The zero-order valence-corrected chi connectivity index (χ0v) is 12.7. The normalized spacial score (nSPS) is 12.6. The molecule has 0 aliphatic rings. The number of aromatic nitrogens is 1. The number of hydrogen-bond acceptors (Lipinski definition) is 8. The molecule has 0 bridgehead atoms. The van der Waals surface area contributed by atoms with E-state index in [1.54, 1.807) is 7.05 Å². The van der Waals surface area contributed by atoms with Crippen LogP contribution in [0.15, 0.2) is 4.90 Å². The lowest BCUT2D eigenvalue weighted by molar-refractivity contribution is 0.601. The van der Waals surface area contributed by atoms with Crippen molar-refractivity contribution in [3.8, 4) is 0 Å². The molecule has 1 rings (SSSR count). The molecule has 0 aliphatic carbocycles. The molecule has 0 radical (unpaired) electrons. The van der Waals surface area contributed by atoms with Gasteiger partial charge < -0.3 is 10.6 Å². The first kappa shape index (κ1) is 15.2. The molecule has 1 aromatic heterocycles. The molecule has 0 amide bonds. The molecular weight excluding hydrogens is 298 g/mol. The highest BCUT2D eigenvalue weighted by atomic mass is 32.2. The van der Waals surface area contributed by atoms with E-state index in [0.29, 0.717) is 5.00 Å². The van der Waals surface area contributed by atoms with Gasteiger partial charge in [-0.3, -0.25) is 0 Å². The Bertz CT molecular complexity index is 633. The van der Waals surface area contributed by atoms with Gasteiger partial charge >= 0.3 is 0 Å². The summed E-state index contributed by atoms with van der Waals surface area (Å²) < 4.78 is 49.1. The Balaban J connectivity index is 3.05. The molecular formula is C8H15N3O4S3. The van der Waals surface area contributed by atoms with Crippen LogP contribution in [0, 0.1) is 0 Å². The summed E-state index contributed by atoms with van der Waals surface area (Å²) in [7, 11) is -4.99. The topological polar surface area (TPSA) is 110 Å². The summed E-state index contributed by atoms with van der Waals surface area (Å²) in [6.45, 7) is 0.184. The van der Waals surface area contributed by atoms with E-state index in [-0.39, 0.29) is 23.0 Å². The van der Waals surface area contributed by atoms with Crippen LogP contribution in [0.4, 0.5) is 10.8 Å². The molecule has 0 spiro atoms. The van der Waals surface area contributed by atoms with Crippen molar-refractivity contribution < 1.29 is 16.8 Å². The maximum atomic E-state index is 11.6. The van der Waals surface area contributed by atoms with Crippen molar-refractivity contribution in [1.29, 1.82) is 0 Å². The predicted molar refractivity (Wildman–Crippen MR) is 72.6 cm³/mol. The molecule has 0 aliphatic heterocycles. The third kappa shape index (κ3) is 3.82. The van der Waals surface area contributed by atoms with Crippen LogP contribution in [0.2, 0.25) is 0 Å². The first-order chi connectivity index (χ1) is 8.02. The molecule has 0 unspecified atom stereocenters. The van der Waals surface area contributed by atoms with Crippen molar-refractivity contribution in [3.05, 3.63) is 0 Å². The number of nitrogen functional groups attached to an aromatic ring is 1. The van der Waals surface area contributed by atoms with Crippen LogP contribution in [0.5, 0.6) is 0 Å². The molecule has 10 heteroatoms. The largest absolute Gasteiger partial charge is 0.382 e. The monoisotopic (exact) mass is 313 g/mol. The van der Waals surface area contributed by atoms with E-state index in [1.807, 2.05) is 0 Å². The molecule has 0 aromatic carbocycles. The van der Waals surface area contributed by atoms with Crippen LogP contribution in [0.3, 0.4) is 0 Å². The summed E-state index contributed by atoms with van der Waals surface area (Å²) in [6.07, 6.45) is 2.17. The summed E-state index contributed by atoms with van der Waals surface area (Å²) in [5.74, 6) is -0.117. The van der Waals surface area contributed by atoms with Gasteiger partial charge in [0.2, 0.25) is 0 Å². The highest BCUT2D eigenvalue weighted by Gasteiger charge is 2.24. The zero-order valence-electron chi connectivity index (χ0n) is 10.2. The lowest BCUT2D eigenvalue weighted by Gasteiger charge is -2.17. The molecule has 0 saturated heterocycles. The Hall–Kier alpha value is -0.870. The van der Waals surface area contributed by atoms with E-state index in [0.717, 1.165) is 24.0 Å². The van der Waals surface area contributed by atoms with Gasteiger partial charge in [-0.25, -0.2) is 16.8 Å². The van der Waals surface area contributed by atoms with Crippen LogP contribution in [-0.2, 0) is 19.7 Å². The molecule has 0 atom stereocenters. The average Bonchev–Trinajstić information content (AvgIpc) is 2.54. The highest BCUT2D eigenvalue weighted by molar-refractivity contribution is 7.91. The van der Waals surface area contributed by atoms with Crippen LogP contribution in [0.25, 0.3) is 0 Å². The van der Waals surface area contributed by atoms with Gasteiger partial charge in [-0.1, -0.05) is 0 Å². The van der Waals surface area contributed by atoms with Crippen molar-refractivity contribution in [1.82, 2.24) is 4.37 Å². The second-order valence-corrected chi connectivity index (χ2v) is 8.99. The van der Waals surface area contributed by atoms with Gasteiger partial charge in [0.05, 0.1) is 5.75 Å². The molecule has 0 saturated carbocycles. The van der Waals surface area contributed by atoms with Gasteiger partial charge in [0.15, 0.2) is 15.7 Å². The van der Waals surface area contributed by atoms with Crippen LogP contribution in [0.1, 0.15) is 0 Å². The summed E-state index contributed by atoms with van der Waals surface area (Å²) in [4.78, 5) is 1.49. The third-order valence-electron chi connectivity index (χ3n) is 2.17. The Kier molecular flexibility index (Phi) is 4.23. The minimum atomic E-state index is -3.49. The van der Waals surface area contributed by atoms with Gasteiger partial charge in [-0.15, -0.1) is 0 Å². The van der Waals surface area contributed by atoms with E-state index in [9.17, 15) is 16.8 Å². The molecule has 7 nitrogen and oxygen atoms in total. The van der Waals surface area contributed by atoms with Crippen molar-refractivity contribution >= 4 is 42.0 Å². The Labute approximate surface area is 111 Å². The van der Waals surface area contributed by atoms with Crippen LogP contribution in [-0.4, -0.2) is 53.1 Å². The molecule has 2 N–H and O–H groups in total. The van der Waals surface area contributed by atoms with E-state index < -0.39 is 19.7 Å². The number of nitrogens with zero attached hydrogens (tertiary/aromatic N) is 2. The SMILES string of the molecule is CN(CCS(C)(=O)=O)c1snc(N)c1S(C)(=O)=O. The maximum absolute atomic E-state index is 11.6. The molecule has 104 valence electrons. The summed E-state index contributed by atoms with van der Waals surface area (Å²) in [5.41, 5.74) is 5.52. The minimum absolute atomic E-state index is 0.0384. The first-order valence-electron chi connectivity index (χ1n) is 4.86. The van der Waals surface area contributed by atoms with Crippen molar-refractivity contribution in [3.63, 3.8) is 0 Å². The number of rotatable bonds is 5. The molecule has 18 heavy (non-hydrogen) atoms. The summed E-state index contributed by atoms with van der Waals surface area (Å²) in [5, 5.41) is 0.360. The fraction of sp³-hybridized carbons (Fsp3) is 0.625. The molecule has 1 heterocycles. The quantitative estimate of drug-likeness (QED) is 0.788. The van der Waals surface area contributed by atoms with E-state index in [1.165, 1.54) is 4.90 Å². The second-order valence-electron chi connectivity index (χ2n) is 4.03. The van der Waals surface area contributed by atoms with Crippen LogP contribution >= 0.6 is 11.5 Å². The third-order valence-corrected chi connectivity index (χ3v) is 5.35. The van der Waals surface area contributed by atoms with E-state index in [4.69, 9.17) is 5.73 Å². The van der Waals surface area contributed by atoms with Crippen molar-refractivity contribution in [2.24, 2.45) is 0 Å². The van der Waals surface area contributed by atoms with Crippen molar-refractivity contribution in [2.45, 2.75) is 4.90 Å². The number of sulfone groups is 2. The van der Waals surface area contributed by atoms with Gasteiger partial charge in [0, 0.05) is 26.1 Å². The second kappa shape index (κ2) is 5.02. The van der Waals surface area contributed by atoms with Crippen LogP contribution < -0.4 is 10.6 Å². The molecule has 1 aromatic rings. The highest BCUT2D eigenvalue weighted by Crippen LogP contribution is 2.33. The maximum Gasteiger partial charge on any atom is 0.182 e. The fourth-order valence-electron chi connectivity index (χ4n) is 1.28. The lowest BCUT2D eigenvalue weighted by Crippen LogP contribution is -2.25. The predicted octanol–water partition coefficient (Wildman–Crippen LogP) is -0.390. The van der Waals surface area contributed by atoms with Crippen molar-refractivity contribution in [2.75, 3.05) is 42.5 Å². The smallest absolute Gasteiger partial charge is 0.182 e. The number of hydrogen-bond donors (Lipinski definition) is 1. The van der Waals surface area contributed by atoms with Gasteiger partial charge in [-0.2, -0.15) is 4.37 Å². The first-order valence-corrected chi connectivity index (χ1v) is 9.59. The summed E-state index contributed by atoms with van der Waals surface area (Å²) >= 11 is 0.939. The summed E-state index contributed by atoms with van der Waals surface area (Å²) in [6, 6.07) is 0. The van der Waals surface area contributed by atoms with E-state index in [2.05, 4.69) is 4.37 Å². The Morgan fingerprint density at radius 3 is 2.28 bits per heavy atom. The number of anilines is 2. The van der Waals surface area contributed by atoms with Gasteiger partial charge in [0.1, 0.15) is 19.7 Å². The molecule has 0 fully saturated rings. The lowest BCUT2D eigenvalue weighted by atomic mass is 10.5. The minimum Gasteiger partial charge on any atom is -0.382 e. The van der Waals surface area contributed by atoms with E-state index >= 15 is 0 Å². The Morgan fingerprint density at radius 2 is 1.83 bits per heavy atom. The Morgan fingerprint density at radius 1 is 1.28 bits per heavy atom.